The molecule has 0 aromatic heterocycles. The van der Waals surface area contributed by atoms with Crippen LogP contribution in [-0.2, 0) is 9.59 Å². The van der Waals surface area contributed by atoms with Crippen LogP contribution in [0.2, 0.25) is 0 Å². The Morgan fingerprint density at radius 1 is 1.16 bits per heavy atom. The molecule has 6 nitrogen and oxygen atoms in total. The van der Waals surface area contributed by atoms with Crippen molar-refractivity contribution < 1.29 is 14.7 Å². The molecule has 0 saturated carbocycles. The van der Waals surface area contributed by atoms with Gasteiger partial charge in [-0.25, -0.2) is 0 Å². The van der Waals surface area contributed by atoms with Crippen LogP contribution >= 0.6 is 0 Å². The van der Waals surface area contributed by atoms with E-state index in [-0.39, 0.29) is 11.8 Å². The summed E-state index contributed by atoms with van der Waals surface area (Å²) in [5, 5.41) is 9.03. The number of hydrogen-bond acceptors (Lipinski definition) is 4. The molecule has 1 aromatic rings. The molecular weight excluding hydrogens is 318 g/mol. The molecule has 1 N–H and O–H groups in total. The van der Waals surface area contributed by atoms with Gasteiger partial charge in [-0.2, -0.15) is 0 Å². The molecule has 2 fully saturated rings. The minimum absolute atomic E-state index is 0.0878. The number of aliphatic carboxylic acids is 1. The fraction of sp³-hybridized carbons (Fsp3) is 0.579. The van der Waals surface area contributed by atoms with Crippen LogP contribution in [0.3, 0.4) is 0 Å². The number of likely N-dealkylation sites (tertiary alicyclic amines) is 1. The highest BCUT2D eigenvalue weighted by Crippen LogP contribution is 2.19. The molecule has 136 valence electrons. The van der Waals surface area contributed by atoms with Gasteiger partial charge in [-0.3, -0.25) is 14.5 Å². The molecule has 2 aliphatic rings. The minimum Gasteiger partial charge on any atom is -0.481 e. The molecular formula is C19H27N3O3. The maximum atomic E-state index is 12.3. The van der Waals surface area contributed by atoms with Crippen LogP contribution in [0.1, 0.15) is 18.4 Å². The van der Waals surface area contributed by atoms with Gasteiger partial charge in [0.2, 0.25) is 5.91 Å². The van der Waals surface area contributed by atoms with Crippen LogP contribution in [0.5, 0.6) is 0 Å². The number of amides is 1. The van der Waals surface area contributed by atoms with Crippen molar-refractivity contribution in [3.05, 3.63) is 29.8 Å². The summed E-state index contributed by atoms with van der Waals surface area (Å²) >= 11 is 0. The number of aryl methyl sites for hydroxylation is 1. The van der Waals surface area contributed by atoms with Crippen molar-refractivity contribution in [1.82, 2.24) is 9.80 Å². The van der Waals surface area contributed by atoms with E-state index in [4.69, 9.17) is 5.11 Å². The average molecular weight is 345 g/mol. The maximum absolute atomic E-state index is 12.3. The molecule has 1 unspecified atom stereocenters. The lowest BCUT2D eigenvalue weighted by Crippen LogP contribution is -2.47. The highest BCUT2D eigenvalue weighted by molar-refractivity contribution is 5.78. The number of hydrogen-bond donors (Lipinski definition) is 1. The third kappa shape index (κ3) is 4.51. The number of carbonyl (C=O) groups is 2. The Balaban J connectivity index is 1.41. The average Bonchev–Trinajstić information content (AvgIpc) is 3.11. The first-order valence-electron chi connectivity index (χ1n) is 9.07. The monoisotopic (exact) mass is 345 g/mol. The summed E-state index contributed by atoms with van der Waals surface area (Å²) in [6.45, 7) is 7.68. The standard InChI is InChI=1S/C19H27N3O3/c1-15-3-2-4-17(13-15)21-11-9-20(10-12-21)7-6-18(23)22-8-5-16(14-22)19(24)25/h2-4,13,16H,5-12,14H2,1H3,(H,24,25). The van der Waals surface area contributed by atoms with Crippen molar-refractivity contribution in [1.29, 1.82) is 0 Å². The van der Waals surface area contributed by atoms with Gasteiger partial charge < -0.3 is 14.9 Å². The molecule has 0 spiro atoms. The Kier molecular flexibility index (Phi) is 5.58. The summed E-state index contributed by atoms with van der Waals surface area (Å²) in [6.07, 6.45) is 1.06. The molecule has 6 heteroatoms. The van der Waals surface area contributed by atoms with Crippen molar-refractivity contribution in [3.8, 4) is 0 Å². The van der Waals surface area contributed by atoms with E-state index in [0.29, 0.717) is 25.9 Å². The third-order valence-corrected chi connectivity index (χ3v) is 5.27. The number of benzene rings is 1. The molecule has 0 radical (unpaired) electrons. The number of rotatable bonds is 5. The first kappa shape index (κ1) is 17.7. The van der Waals surface area contributed by atoms with E-state index < -0.39 is 5.97 Å². The summed E-state index contributed by atoms with van der Waals surface area (Å²) in [5.41, 5.74) is 2.54. The number of carboxylic acid groups (broad SMARTS) is 1. The number of carbonyl (C=O) groups excluding carboxylic acids is 1. The lowest BCUT2D eigenvalue weighted by atomic mass is 10.1. The van der Waals surface area contributed by atoms with Gasteiger partial charge in [0, 0.05) is 57.9 Å². The Morgan fingerprint density at radius 3 is 2.56 bits per heavy atom. The number of piperazine rings is 1. The van der Waals surface area contributed by atoms with Crippen LogP contribution in [0.4, 0.5) is 5.69 Å². The summed E-state index contributed by atoms with van der Waals surface area (Å²) in [5.74, 6) is -1.09. The number of carboxylic acids is 1. The Morgan fingerprint density at radius 2 is 1.92 bits per heavy atom. The Bertz CT molecular complexity index is 626. The zero-order valence-electron chi connectivity index (χ0n) is 14.9. The second kappa shape index (κ2) is 7.87. The molecule has 1 atom stereocenters. The second-order valence-corrected chi connectivity index (χ2v) is 7.08. The van der Waals surface area contributed by atoms with Crippen molar-refractivity contribution in [2.45, 2.75) is 19.8 Å². The zero-order valence-corrected chi connectivity index (χ0v) is 14.9. The summed E-state index contributed by atoms with van der Waals surface area (Å²) in [7, 11) is 0. The smallest absolute Gasteiger partial charge is 0.308 e. The maximum Gasteiger partial charge on any atom is 0.308 e. The molecule has 2 saturated heterocycles. The summed E-state index contributed by atoms with van der Waals surface area (Å²) in [6, 6.07) is 8.57. The SMILES string of the molecule is Cc1cccc(N2CCN(CCC(=O)N3CCC(C(=O)O)C3)CC2)c1. The fourth-order valence-electron chi connectivity index (χ4n) is 3.65. The molecule has 3 rings (SSSR count). The third-order valence-electron chi connectivity index (χ3n) is 5.27. The fourth-order valence-corrected chi connectivity index (χ4v) is 3.65. The van der Waals surface area contributed by atoms with Gasteiger partial charge in [-0.15, -0.1) is 0 Å². The molecule has 2 heterocycles. The molecule has 0 bridgehead atoms. The van der Waals surface area contributed by atoms with Crippen LogP contribution in [0.15, 0.2) is 24.3 Å². The van der Waals surface area contributed by atoms with Crippen LogP contribution in [0, 0.1) is 12.8 Å². The van der Waals surface area contributed by atoms with Crippen molar-refractivity contribution in [2.24, 2.45) is 5.92 Å². The van der Waals surface area contributed by atoms with Crippen LogP contribution < -0.4 is 4.90 Å². The van der Waals surface area contributed by atoms with Crippen LogP contribution in [-0.4, -0.2) is 72.6 Å². The minimum atomic E-state index is -0.789. The van der Waals surface area contributed by atoms with E-state index in [9.17, 15) is 9.59 Å². The molecule has 0 aliphatic carbocycles. The predicted molar refractivity (Wildman–Crippen MR) is 96.8 cm³/mol. The van der Waals surface area contributed by atoms with Gasteiger partial charge in [-0.05, 0) is 31.0 Å². The molecule has 1 amide bonds. The van der Waals surface area contributed by atoms with Gasteiger partial charge in [0.1, 0.15) is 0 Å². The van der Waals surface area contributed by atoms with Crippen molar-refractivity contribution in [3.63, 3.8) is 0 Å². The van der Waals surface area contributed by atoms with E-state index in [1.54, 1.807) is 4.90 Å². The lowest BCUT2D eigenvalue weighted by molar-refractivity contribution is -0.141. The van der Waals surface area contributed by atoms with E-state index in [0.717, 1.165) is 32.7 Å². The molecule has 2 aliphatic heterocycles. The van der Waals surface area contributed by atoms with Gasteiger partial charge in [0.15, 0.2) is 0 Å². The molecule has 1 aromatic carbocycles. The topological polar surface area (TPSA) is 64.1 Å². The van der Waals surface area contributed by atoms with Crippen molar-refractivity contribution >= 4 is 17.6 Å². The normalized spacial score (nSPS) is 21.6. The highest BCUT2D eigenvalue weighted by atomic mass is 16.4. The first-order chi connectivity index (χ1) is 12.0. The van der Waals surface area contributed by atoms with Gasteiger partial charge in [0.05, 0.1) is 5.92 Å². The van der Waals surface area contributed by atoms with Crippen molar-refractivity contribution in [2.75, 3.05) is 50.7 Å². The van der Waals surface area contributed by atoms with Crippen LogP contribution in [0.25, 0.3) is 0 Å². The number of anilines is 1. The van der Waals surface area contributed by atoms with Gasteiger partial charge >= 0.3 is 5.97 Å². The van der Waals surface area contributed by atoms with Gasteiger partial charge in [0.25, 0.3) is 0 Å². The quantitative estimate of drug-likeness (QED) is 0.875. The van der Waals surface area contributed by atoms with E-state index in [1.165, 1.54) is 11.3 Å². The van der Waals surface area contributed by atoms with E-state index in [2.05, 4.69) is 41.0 Å². The summed E-state index contributed by atoms with van der Waals surface area (Å²) < 4.78 is 0. The largest absolute Gasteiger partial charge is 0.481 e. The predicted octanol–water partition coefficient (Wildman–Crippen LogP) is 1.44. The van der Waals surface area contributed by atoms with E-state index in [1.807, 2.05) is 0 Å². The zero-order chi connectivity index (χ0) is 17.8. The second-order valence-electron chi connectivity index (χ2n) is 7.08. The molecule has 25 heavy (non-hydrogen) atoms. The Labute approximate surface area is 149 Å². The number of nitrogens with zero attached hydrogens (tertiary/aromatic N) is 3. The summed E-state index contributed by atoms with van der Waals surface area (Å²) in [4.78, 5) is 29.7. The first-order valence-corrected chi connectivity index (χ1v) is 9.07. The highest BCUT2D eigenvalue weighted by Gasteiger charge is 2.30. The Hall–Kier alpha value is -2.08. The van der Waals surface area contributed by atoms with Gasteiger partial charge in [-0.1, -0.05) is 12.1 Å². The van der Waals surface area contributed by atoms with E-state index >= 15 is 0 Å². The lowest BCUT2D eigenvalue weighted by Gasteiger charge is -2.36.